The molecule has 0 spiro atoms. The van der Waals surface area contributed by atoms with Crippen molar-refractivity contribution in [2.45, 2.75) is 19.4 Å². The molecule has 1 aliphatic heterocycles. The molecule has 0 atom stereocenters. The van der Waals surface area contributed by atoms with Crippen LogP contribution in [0.2, 0.25) is 0 Å². The quantitative estimate of drug-likeness (QED) is 0.607. The number of aromatic nitrogens is 2. The molecule has 0 bridgehead atoms. The lowest BCUT2D eigenvalue weighted by Gasteiger charge is -2.34. The van der Waals surface area contributed by atoms with Gasteiger partial charge in [0.15, 0.2) is 0 Å². The van der Waals surface area contributed by atoms with E-state index < -0.39 is 0 Å². The van der Waals surface area contributed by atoms with E-state index in [1.54, 1.807) is 13.4 Å². The summed E-state index contributed by atoms with van der Waals surface area (Å²) < 4.78 is 5.23. The van der Waals surface area contributed by atoms with Gasteiger partial charge in [-0.2, -0.15) is 0 Å². The number of rotatable bonds is 6. The topological polar surface area (TPSA) is 58.6 Å². The Bertz CT molecular complexity index is 1000. The van der Waals surface area contributed by atoms with Gasteiger partial charge in [0.05, 0.1) is 12.8 Å². The first-order chi connectivity index (χ1) is 15.1. The average Bonchev–Trinajstić information content (AvgIpc) is 2.84. The monoisotopic (exact) mass is 416 g/mol. The van der Waals surface area contributed by atoms with Crippen LogP contribution < -0.4 is 9.64 Å². The van der Waals surface area contributed by atoms with Crippen molar-refractivity contribution in [3.63, 3.8) is 0 Å². The molecular formula is C25H28N4O2. The van der Waals surface area contributed by atoms with Gasteiger partial charge in [-0.05, 0) is 42.7 Å². The van der Waals surface area contributed by atoms with Crippen molar-refractivity contribution in [3.8, 4) is 17.0 Å². The fourth-order valence-electron chi connectivity index (χ4n) is 4.04. The lowest BCUT2D eigenvalue weighted by molar-refractivity contribution is -0.135. The highest BCUT2D eigenvalue weighted by Gasteiger charge is 2.28. The van der Waals surface area contributed by atoms with Gasteiger partial charge in [-0.1, -0.05) is 30.3 Å². The van der Waals surface area contributed by atoms with Gasteiger partial charge in [-0.15, -0.1) is 0 Å². The van der Waals surface area contributed by atoms with Crippen LogP contribution in [0.1, 0.15) is 18.4 Å². The molecule has 31 heavy (non-hydrogen) atoms. The highest BCUT2D eigenvalue weighted by atomic mass is 16.5. The first-order valence-electron chi connectivity index (χ1n) is 10.6. The van der Waals surface area contributed by atoms with Gasteiger partial charge in [0.1, 0.15) is 17.9 Å². The summed E-state index contributed by atoms with van der Waals surface area (Å²) in [5, 5.41) is 0. The summed E-state index contributed by atoms with van der Waals surface area (Å²) in [6, 6.07) is 20.0. The summed E-state index contributed by atoms with van der Waals surface area (Å²) in [6.45, 7) is 2.28. The molecule has 1 aromatic heterocycles. The van der Waals surface area contributed by atoms with Crippen LogP contribution in [0.3, 0.4) is 0 Å². The lowest BCUT2D eigenvalue weighted by Crippen LogP contribution is -2.41. The van der Waals surface area contributed by atoms with Crippen LogP contribution in [0, 0.1) is 5.92 Å². The SMILES string of the molecule is COc1ccc(-c2cc(N3CCC(C(=O)N(C)Cc4ccccc4)CC3)ncn2)cc1. The molecule has 4 rings (SSSR count). The molecule has 160 valence electrons. The van der Waals surface area contributed by atoms with E-state index in [0.29, 0.717) is 6.54 Å². The Morgan fingerprint density at radius 3 is 2.45 bits per heavy atom. The number of methoxy groups -OCH3 is 1. The molecule has 0 unspecified atom stereocenters. The Labute approximate surface area is 183 Å². The fourth-order valence-corrected chi connectivity index (χ4v) is 4.04. The molecule has 1 aliphatic rings. The highest BCUT2D eigenvalue weighted by molar-refractivity contribution is 5.79. The predicted molar refractivity (Wildman–Crippen MR) is 122 cm³/mol. The van der Waals surface area contributed by atoms with Crippen molar-refractivity contribution in [2.75, 3.05) is 32.1 Å². The number of piperidine rings is 1. The maximum atomic E-state index is 12.9. The van der Waals surface area contributed by atoms with E-state index in [1.807, 2.05) is 60.5 Å². The van der Waals surface area contributed by atoms with Gasteiger partial charge in [0.25, 0.3) is 0 Å². The molecule has 6 heteroatoms. The van der Waals surface area contributed by atoms with Crippen LogP contribution in [0.15, 0.2) is 67.0 Å². The van der Waals surface area contributed by atoms with Crippen LogP contribution in [-0.2, 0) is 11.3 Å². The van der Waals surface area contributed by atoms with Crippen LogP contribution in [0.25, 0.3) is 11.3 Å². The lowest BCUT2D eigenvalue weighted by atomic mass is 9.95. The molecule has 2 aromatic carbocycles. The van der Waals surface area contributed by atoms with Gasteiger partial charge < -0.3 is 14.5 Å². The number of nitrogens with zero attached hydrogens (tertiary/aromatic N) is 4. The molecule has 3 aromatic rings. The van der Waals surface area contributed by atoms with Crippen LogP contribution in [-0.4, -0.2) is 48.0 Å². The molecule has 1 fully saturated rings. The first-order valence-corrected chi connectivity index (χ1v) is 10.6. The molecule has 0 N–H and O–H groups in total. The third kappa shape index (κ3) is 5.02. The van der Waals surface area contributed by atoms with E-state index in [1.165, 1.54) is 0 Å². The van der Waals surface area contributed by atoms with Crippen molar-refractivity contribution in [1.82, 2.24) is 14.9 Å². The second-order valence-electron chi connectivity index (χ2n) is 7.93. The molecule has 6 nitrogen and oxygen atoms in total. The summed E-state index contributed by atoms with van der Waals surface area (Å²) in [6.07, 6.45) is 3.28. The Morgan fingerprint density at radius 2 is 1.77 bits per heavy atom. The number of hydrogen-bond donors (Lipinski definition) is 0. The van der Waals surface area contributed by atoms with E-state index in [9.17, 15) is 4.79 Å². The molecular weight excluding hydrogens is 388 g/mol. The molecule has 1 saturated heterocycles. The first kappa shape index (κ1) is 20.8. The summed E-state index contributed by atoms with van der Waals surface area (Å²) >= 11 is 0. The maximum absolute atomic E-state index is 12.9. The van der Waals surface area contributed by atoms with E-state index in [0.717, 1.165) is 54.3 Å². The van der Waals surface area contributed by atoms with Gasteiger partial charge >= 0.3 is 0 Å². The molecule has 0 saturated carbocycles. The Hall–Kier alpha value is -3.41. The smallest absolute Gasteiger partial charge is 0.225 e. The summed E-state index contributed by atoms with van der Waals surface area (Å²) in [4.78, 5) is 25.9. The Morgan fingerprint density at radius 1 is 1.06 bits per heavy atom. The van der Waals surface area contributed by atoms with Gasteiger partial charge in [-0.3, -0.25) is 4.79 Å². The number of carbonyl (C=O) groups excluding carboxylic acids is 1. The number of ether oxygens (including phenoxy) is 1. The summed E-state index contributed by atoms with van der Waals surface area (Å²) in [7, 11) is 3.55. The van der Waals surface area contributed by atoms with Gasteiger partial charge in [0.2, 0.25) is 5.91 Å². The van der Waals surface area contributed by atoms with E-state index in [2.05, 4.69) is 27.0 Å². The maximum Gasteiger partial charge on any atom is 0.225 e. The Kier molecular flexibility index (Phi) is 6.46. The zero-order valence-electron chi connectivity index (χ0n) is 18.1. The van der Waals surface area contributed by atoms with Crippen LogP contribution >= 0.6 is 0 Å². The molecule has 0 aliphatic carbocycles. The molecule has 1 amide bonds. The fraction of sp³-hybridized carbons (Fsp3) is 0.320. The van der Waals surface area contributed by atoms with E-state index in [4.69, 9.17) is 4.74 Å². The van der Waals surface area contributed by atoms with Crippen LogP contribution in [0.5, 0.6) is 5.75 Å². The minimum atomic E-state index is 0.0628. The van der Waals surface area contributed by atoms with E-state index >= 15 is 0 Å². The van der Waals surface area contributed by atoms with E-state index in [-0.39, 0.29) is 11.8 Å². The van der Waals surface area contributed by atoms with Crippen molar-refractivity contribution in [2.24, 2.45) is 5.92 Å². The minimum absolute atomic E-state index is 0.0628. The molecule has 2 heterocycles. The van der Waals surface area contributed by atoms with Crippen molar-refractivity contribution in [3.05, 3.63) is 72.6 Å². The zero-order valence-corrected chi connectivity index (χ0v) is 18.1. The minimum Gasteiger partial charge on any atom is -0.497 e. The predicted octanol–water partition coefficient (Wildman–Crippen LogP) is 4.03. The second kappa shape index (κ2) is 9.60. The number of carbonyl (C=O) groups is 1. The summed E-state index contributed by atoms with van der Waals surface area (Å²) in [5.41, 5.74) is 3.06. The second-order valence-corrected chi connectivity index (χ2v) is 7.93. The number of anilines is 1. The average molecular weight is 417 g/mol. The highest BCUT2D eigenvalue weighted by Crippen LogP contribution is 2.27. The molecule has 0 radical (unpaired) electrons. The largest absolute Gasteiger partial charge is 0.497 e. The van der Waals surface area contributed by atoms with Crippen molar-refractivity contribution < 1.29 is 9.53 Å². The Balaban J connectivity index is 1.36. The standard InChI is InChI=1S/C25H28N4O2/c1-28(17-19-6-4-3-5-7-19)25(30)21-12-14-29(15-13-21)24-16-23(26-18-27-24)20-8-10-22(31-2)11-9-20/h3-11,16,18,21H,12-15,17H2,1-2H3. The third-order valence-electron chi connectivity index (χ3n) is 5.85. The van der Waals surface area contributed by atoms with Crippen molar-refractivity contribution >= 4 is 11.7 Å². The third-order valence-corrected chi connectivity index (χ3v) is 5.85. The summed E-state index contributed by atoms with van der Waals surface area (Å²) in [5.74, 6) is 2.02. The number of hydrogen-bond acceptors (Lipinski definition) is 5. The number of benzene rings is 2. The van der Waals surface area contributed by atoms with Crippen molar-refractivity contribution in [1.29, 1.82) is 0 Å². The van der Waals surface area contributed by atoms with Gasteiger partial charge in [-0.25, -0.2) is 9.97 Å². The van der Waals surface area contributed by atoms with Gasteiger partial charge in [0, 0.05) is 44.2 Å². The normalized spacial score (nSPS) is 14.3. The van der Waals surface area contributed by atoms with Crippen LogP contribution in [0.4, 0.5) is 5.82 Å². The number of amides is 1. The zero-order chi connectivity index (χ0) is 21.6.